The van der Waals surface area contributed by atoms with E-state index >= 15 is 4.39 Å². The van der Waals surface area contributed by atoms with Gasteiger partial charge in [-0.25, -0.2) is 9.18 Å². The zero-order valence-electron chi connectivity index (χ0n) is 18.0. The van der Waals surface area contributed by atoms with Crippen molar-refractivity contribution in [1.29, 1.82) is 0 Å². The Morgan fingerprint density at radius 3 is 2.72 bits per heavy atom. The molecule has 0 spiro atoms. The molecule has 0 fully saturated rings. The molecule has 0 unspecified atom stereocenters. The average molecular weight is 439 g/mol. The molecule has 0 bridgehead atoms. The van der Waals surface area contributed by atoms with E-state index in [-0.39, 0.29) is 41.1 Å². The smallest absolute Gasteiger partial charge is 0.341 e. The van der Waals surface area contributed by atoms with Crippen LogP contribution < -0.4 is 21.2 Å². The second-order valence-electron chi connectivity index (χ2n) is 8.38. The van der Waals surface area contributed by atoms with E-state index in [2.05, 4.69) is 5.32 Å². The lowest BCUT2D eigenvalue weighted by atomic mass is 9.99. The molecule has 4 rings (SSSR count). The molecule has 168 valence electrons. The molecule has 32 heavy (non-hydrogen) atoms. The second kappa shape index (κ2) is 8.53. The monoisotopic (exact) mass is 439 g/mol. The Morgan fingerprint density at radius 1 is 1.34 bits per heavy atom. The van der Waals surface area contributed by atoms with E-state index in [1.165, 1.54) is 11.8 Å². The summed E-state index contributed by atoms with van der Waals surface area (Å²) >= 11 is 0. The summed E-state index contributed by atoms with van der Waals surface area (Å²) in [5, 5.41) is 12.4. The molecule has 7 nitrogen and oxygen atoms in total. The number of nitrogens with two attached hydrogens (primary N) is 1. The summed E-state index contributed by atoms with van der Waals surface area (Å²) in [7, 11) is 0. The van der Waals surface area contributed by atoms with Crippen molar-refractivity contribution in [2.24, 2.45) is 5.92 Å². The Morgan fingerprint density at radius 2 is 2.06 bits per heavy atom. The molecule has 1 atom stereocenters. The molecule has 1 aromatic heterocycles. The summed E-state index contributed by atoms with van der Waals surface area (Å²) < 4.78 is 22.9. The minimum Gasteiger partial charge on any atom is -0.487 e. The number of hydrogen-bond donors (Lipinski definition) is 3. The van der Waals surface area contributed by atoms with E-state index in [9.17, 15) is 14.7 Å². The van der Waals surface area contributed by atoms with Gasteiger partial charge in [0.05, 0.1) is 22.6 Å². The molecule has 2 aromatic carbocycles. The minimum atomic E-state index is -1.38. The minimum absolute atomic E-state index is 0.0871. The van der Waals surface area contributed by atoms with Crippen molar-refractivity contribution in [1.82, 2.24) is 4.57 Å². The van der Waals surface area contributed by atoms with Crippen molar-refractivity contribution in [3.05, 3.63) is 63.7 Å². The van der Waals surface area contributed by atoms with Gasteiger partial charge in [0.15, 0.2) is 11.6 Å². The summed E-state index contributed by atoms with van der Waals surface area (Å²) in [6.07, 6.45) is 2.89. The fraction of sp³-hybridized carbons (Fsp3) is 0.333. The van der Waals surface area contributed by atoms with Crippen LogP contribution in [0.5, 0.6) is 5.75 Å². The summed E-state index contributed by atoms with van der Waals surface area (Å²) in [4.78, 5) is 24.6. The summed E-state index contributed by atoms with van der Waals surface area (Å²) in [6.45, 7) is 4.64. The van der Waals surface area contributed by atoms with E-state index in [1.54, 1.807) is 4.57 Å². The maximum absolute atomic E-state index is 15.3. The van der Waals surface area contributed by atoms with Crippen LogP contribution in [0, 0.1) is 11.7 Å². The molecule has 4 N–H and O–H groups in total. The summed E-state index contributed by atoms with van der Waals surface area (Å²) in [5.74, 6) is -1.90. The number of carboxylic acids is 1. The number of anilines is 2. The highest BCUT2D eigenvalue weighted by Crippen LogP contribution is 2.44. The first kappa shape index (κ1) is 21.7. The zero-order chi connectivity index (χ0) is 23.0. The molecule has 2 heterocycles. The van der Waals surface area contributed by atoms with Crippen LogP contribution in [0.3, 0.4) is 0 Å². The Balaban J connectivity index is 1.79. The van der Waals surface area contributed by atoms with Crippen LogP contribution in [0.1, 0.15) is 42.2 Å². The highest BCUT2D eigenvalue weighted by molar-refractivity contribution is 6.03. The Labute approximate surface area is 184 Å². The SMILES string of the molecule is CC(C)[C@@H]1COc2c(NCCCc3ccccc3)c(F)c(N)c3c(=O)c(C(=O)O)cn1c23. The normalized spacial score (nSPS) is 15.1. The summed E-state index contributed by atoms with van der Waals surface area (Å²) in [5.41, 5.74) is 6.03. The van der Waals surface area contributed by atoms with Gasteiger partial charge in [0.25, 0.3) is 0 Å². The van der Waals surface area contributed by atoms with E-state index in [0.717, 1.165) is 12.8 Å². The van der Waals surface area contributed by atoms with Crippen molar-refractivity contribution >= 4 is 28.2 Å². The topological polar surface area (TPSA) is 107 Å². The zero-order valence-corrected chi connectivity index (χ0v) is 18.0. The number of halogens is 1. The van der Waals surface area contributed by atoms with E-state index < -0.39 is 22.8 Å². The van der Waals surface area contributed by atoms with E-state index in [1.807, 2.05) is 44.2 Å². The van der Waals surface area contributed by atoms with Crippen LogP contribution in [0.4, 0.5) is 15.8 Å². The third-order valence-electron chi connectivity index (χ3n) is 5.94. The quantitative estimate of drug-likeness (QED) is 0.379. The van der Waals surface area contributed by atoms with Gasteiger partial charge >= 0.3 is 5.97 Å². The first-order valence-electron chi connectivity index (χ1n) is 10.6. The molecule has 0 saturated heterocycles. The van der Waals surface area contributed by atoms with Crippen LogP contribution in [0.15, 0.2) is 41.3 Å². The largest absolute Gasteiger partial charge is 0.487 e. The molecule has 8 heteroatoms. The highest BCUT2D eigenvalue weighted by Gasteiger charge is 2.32. The maximum atomic E-state index is 15.3. The molecule has 1 aliphatic heterocycles. The number of carbonyl (C=O) groups is 1. The van der Waals surface area contributed by atoms with Gasteiger partial charge in [-0.2, -0.15) is 0 Å². The number of nitrogens with one attached hydrogen (secondary N) is 1. The second-order valence-corrected chi connectivity index (χ2v) is 8.38. The fourth-order valence-electron chi connectivity index (χ4n) is 4.20. The van der Waals surface area contributed by atoms with Crippen molar-refractivity contribution in [2.45, 2.75) is 32.7 Å². The molecule has 0 radical (unpaired) electrons. The average Bonchev–Trinajstić information content (AvgIpc) is 2.77. The van der Waals surface area contributed by atoms with Crippen LogP contribution in [-0.2, 0) is 6.42 Å². The molecule has 1 aliphatic rings. The lowest BCUT2D eigenvalue weighted by Crippen LogP contribution is -2.31. The van der Waals surface area contributed by atoms with Gasteiger partial charge in [0.1, 0.15) is 17.9 Å². The van der Waals surface area contributed by atoms with Gasteiger partial charge in [-0.1, -0.05) is 44.2 Å². The number of nitrogens with zero attached hydrogens (tertiary/aromatic N) is 1. The number of aromatic carboxylic acids is 1. The van der Waals surface area contributed by atoms with E-state index in [4.69, 9.17) is 10.5 Å². The number of aryl methyl sites for hydroxylation is 1. The Bertz CT molecular complexity index is 1240. The predicted molar refractivity (Wildman–Crippen MR) is 122 cm³/mol. The lowest BCUT2D eigenvalue weighted by Gasteiger charge is -2.33. The predicted octanol–water partition coefficient (Wildman–Crippen LogP) is 4.06. The fourth-order valence-corrected chi connectivity index (χ4v) is 4.20. The van der Waals surface area contributed by atoms with Gasteiger partial charge < -0.3 is 25.5 Å². The number of rotatable bonds is 7. The molecule has 3 aromatic rings. The number of aromatic nitrogens is 1. The third kappa shape index (κ3) is 3.66. The number of pyridine rings is 1. The van der Waals surface area contributed by atoms with Crippen molar-refractivity contribution in [2.75, 3.05) is 24.2 Å². The number of benzene rings is 2. The van der Waals surface area contributed by atoms with Crippen molar-refractivity contribution < 1.29 is 19.0 Å². The number of nitrogen functional groups attached to an aromatic ring is 1. The lowest BCUT2D eigenvalue weighted by molar-refractivity contribution is 0.0693. The van der Waals surface area contributed by atoms with Crippen LogP contribution in [0.2, 0.25) is 0 Å². The number of carboxylic acid groups (broad SMARTS) is 1. The van der Waals surface area contributed by atoms with Crippen LogP contribution >= 0.6 is 0 Å². The van der Waals surface area contributed by atoms with Gasteiger partial charge in [0.2, 0.25) is 5.43 Å². The van der Waals surface area contributed by atoms with Crippen molar-refractivity contribution in [3.63, 3.8) is 0 Å². The van der Waals surface area contributed by atoms with Gasteiger partial charge in [-0.15, -0.1) is 0 Å². The van der Waals surface area contributed by atoms with E-state index in [0.29, 0.717) is 12.1 Å². The molecule has 0 amide bonds. The van der Waals surface area contributed by atoms with Crippen LogP contribution in [-0.4, -0.2) is 28.8 Å². The Kier molecular flexibility index (Phi) is 5.78. The molecule has 0 aliphatic carbocycles. The first-order valence-corrected chi connectivity index (χ1v) is 10.6. The van der Waals surface area contributed by atoms with Gasteiger partial charge in [-0.3, -0.25) is 4.79 Å². The molecule has 0 saturated carbocycles. The van der Waals surface area contributed by atoms with Crippen molar-refractivity contribution in [3.8, 4) is 5.75 Å². The maximum Gasteiger partial charge on any atom is 0.341 e. The number of hydrogen-bond acceptors (Lipinski definition) is 5. The van der Waals surface area contributed by atoms with Crippen LogP contribution in [0.25, 0.3) is 10.9 Å². The third-order valence-corrected chi connectivity index (χ3v) is 5.94. The Hall–Kier alpha value is -3.55. The highest BCUT2D eigenvalue weighted by atomic mass is 19.1. The molecular weight excluding hydrogens is 413 g/mol. The van der Waals surface area contributed by atoms with Gasteiger partial charge in [0, 0.05) is 12.7 Å². The number of ether oxygens (including phenoxy) is 1. The summed E-state index contributed by atoms with van der Waals surface area (Å²) in [6, 6.07) is 9.75. The first-order chi connectivity index (χ1) is 15.3. The standard InChI is InChI=1S/C24H26FN3O4/c1-13(2)16-12-32-23-20(27-10-6-9-14-7-4-3-5-8-14)18(25)19(26)17-21(23)28(16)11-15(22(17)29)24(30)31/h3-5,7-8,11,13,16,27H,6,9-10,12,26H2,1-2H3,(H,30,31)/t16-/m0/s1. The molecular formula is C24H26FN3O4. The van der Waals surface area contributed by atoms with Gasteiger partial charge in [-0.05, 0) is 24.3 Å².